The lowest BCUT2D eigenvalue weighted by molar-refractivity contribution is 0.0526. The third-order valence-electron chi connectivity index (χ3n) is 1.88. The van der Waals surface area contributed by atoms with Crippen molar-refractivity contribution in [2.24, 2.45) is 15.9 Å². The van der Waals surface area contributed by atoms with Gasteiger partial charge in [0.2, 0.25) is 0 Å². The van der Waals surface area contributed by atoms with Crippen LogP contribution in [-0.4, -0.2) is 25.3 Å². The quantitative estimate of drug-likeness (QED) is 0.170. The smallest absolute Gasteiger partial charge is 0.338 e. The van der Waals surface area contributed by atoms with Gasteiger partial charge in [0, 0.05) is 0 Å². The van der Waals surface area contributed by atoms with E-state index in [-0.39, 0.29) is 5.97 Å². The number of carbonyl (C=O) groups is 1. The average molecular weight is 249 g/mol. The molecule has 0 saturated heterocycles. The first kappa shape index (κ1) is 13.5. The van der Waals surface area contributed by atoms with E-state index in [1.54, 1.807) is 31.2 Å². The average Bonchev–Trinajstić information content (AvgIpc) is 2.39. The molecule has 0 aliphatic rings. The van der Waals surface area contributed by atoms with E-state index < -0.39 is 0 Å². The van der Waals surface area contributed by atoms with E-state index in [4.69, 9.17) is 10.6 Å². The van der Waals surface area contributed by atoms with E-state index >= 15 is 0 Å². The van der Waals surface area contributed by atoms with E-state index in [2.05, 4.69) is 20.9 Å². The number of hydrogen-bond donors (Lipinski definition) is 3. The van der Waals surface area contributed by atoms with Crippen molar-refractivity contribution in [1.82, 2.24) is 10.9 Å². The number of hydrazine groups is 1. The van der Waals surface area contributed by atoms with E-state index in [0.717, 1.165) is 0 Å². The van der Waals surface area contributed by atoms with Gasteiger partial charge in [-0.2, -0.15) is 5.10 Å². The number of rotatable bonds is 6. The Hall–Kier alpha value is -2.57. The Kier molecular flexibility index (Phi) is 5.74. The number of ether oxygens (including phenoxy) is 1. The molecule has 0 saturated carbocycles. The highest BCUT2D eigenvalue weighted by molar-refractivity contribution is 5.89. The lowest BCUT2D eigenvalue weighted by Gasteiger charge is -2.01. The van der Waals surface area contributed by atoms with Crippen LogP contribution in [0.25, 0.3) is 0 Å². The molecule has 0 aromatic heterocycles. The number of nitrogens with two attached hydrogens (primary N) is 1. The predicted octanol–water partition coefficient (Wildman–Crippen LogP) is 0.519. The molecule has 18 heavy (non-hydrogen) atoms. The van der Waals surface area contributed by atoms with Crippen molar-refractivity contribution in [2.75, 3.05) is 6.61 Å². The van der Waals surface area contributed by atoms with Crippen LogP contribution in [0, 0.1) is 0 Å². The molecule has 0 spiro atoms. The zero-order chi connectivity index (χ0) is 13.2. The topological polar surface area (TPSA) is 101 Å². The van der Waals surface area contributed by atoms with Gasteiger partial charge in [0.25, 0.3) is 0 Å². The van der Waals surface area contributed by atoms with Gasteiger partial charge in [-0.15, -0.1) is 0 Å². The molecule has 0 unspecified atom stereocenters. The SMILES string of the molecule is CCOC(=O)c1ccc(N=CNNC=NN)cc1. The summed E-state index contributed by atoms with van der Waals surface area (Å²) in [6.07, 6.45) is 2.71. The molecule has 0 bridgehead atoms. The first-order chi connectivity index (χ1) is 8.77. The first-order valence-electron chi connectivity index (χ1n) is 5.30. The Morgan fingerprint density at radius 3 is 2.61 bits per heavy atom. The highest BCUT2D eigenvalue weighted by Gasteiger charge is 2.04. The Morgan fingerprint density at radius 2 is 2.00 bits per heavy atom. The maximum absolute atomic E-state index is 11.4. The molecule has 0 heterocycles. The minimum absolute atomic E-state index is 0.341. The fraction of sp³-hybridized carbons (Fsp3) is 0.182. The highest BCUT2D eigenvalue weighted by atomic mass is 16.5. The molecule has 7 heteroatoms. The fourth-order valence-corrected chi connectivity index (χ4v) is 1.12. The van der Waals surface area contributed by atoms with Crippen LogP contribution in [-0.2, 0) is 4.74 Å². The van der Waals surface area contributed by atoms with Gasteiger partial charge in [-0.05, 0) is 31.2 Å². The number of benzene rings is 1. The molecule has 1 rings (SSSR count). The molecule has 4 N–H and O–H groups in total. The zero-order valence-corrected chi connectivity index (χ0v) is 9.96. The number of nitrogens with zero attached hydrogens (tertiary/aromatic N) is 2. The highest BCUT2D eigenvalue weighted by Crippen LogP contribution is 2.12. The Morgan fingerprint density at radius 1 is 1.33 bits per heavy atom. The lowest BCUT2D eigenvalue weighted by atomic mass is 10.2. The summed E-state index contributed by atoms with van der Waals surface area (Å²) in [5.74, 6) is 4.53. The normalized spacial score (nSPS) is 10.7. The Labute approximate surface area is 105 Å². The largest absolute Gasteiger partial charge is 0.462 e. The summed E-state index contributed by atoms with van der Waals surface area (Å²) in [6.45, 7) is 2.12. The van der Waals surface area contributed by atoms with Gasteiger partial charge in [-0.1, -0.05) is 0 Å². The molecule has 0 amide bonds. The summed E-state index contributed by atoms with van der Waals surface area (Å²) >= 11 is 0. The van der Waals surface area contributed by atoms with Gasteiger partial charge in [-0.25, -0.2) is 9.79 Å². The summed E-state index contributed by atoms with van der Waals surface area (Å²) in [5.41, 5.74) is 6.39. The van der Waals surface area contributed by atoms with Crippen molar-refractivity contribution >= 4 is 24.3 Å². The van der Waals surface area contributed by atoms with Crippen molar-refractivity contribution in [3.8, 4) is 0 Å². The summed E-state index contributed by atoms with van der Waals surface area (Å²) in [6, 6.07) is 6.72. The van der Waals surface area contributed by atoms with Gasteiger partial charge < -0.3 is 10.6 Å². The molecule has 0 aliphatic heterocycles. The van der Waals surface area contributed by atoms with Crippen LogP contribution in [0.3, 0.4) is 0 Å². The van der Waals surface area contributed by atoms with E-state index in [1.165, 1.54) is 12.7 Å². The molecule has 7 nitrogen and oxygen atoms in total. The number of carbonyl (C=O) groups excluding carboxylic acids is 1. The second-order valence-electron chi connectivity index (χ2n) is 3.09. The maximum Gasteiger partial charge on any atom is 0.338 e. The minimum Gasteiger partial charge on any atom is -0.462 e. The van der Waals surface area contributed by atoms with E-state index in [1.807, 2.05) is 0 Å². The lowest BCUT2D eigenvalue weighted by Crippen LogP contribution is -2.29. The number of hydrogen-bond acceptors (Lipinski definition) is 5. The van der Waals surface area contributed by atoms with Crippen molar-refractivity contribution in [3.63, 3.8) is 0 Å². The van der Waals surface area contributed by atoms with Crippen LogP contribution in [0.5, 0.6) is 0 Å². The van der Waals surface area contributed by atoms with Crippen LogP contribution < -0.4 is 16.7 Å². The third-order valence-corrected chi connectivity index (χ3v) is 1.88. The number of aliphatic imine (C=N–C) groups is 1. The monoisotopic (exact) mass is 249 g/mol. The number of nitrogens with one attached hydrogen (secondary N) is 2. The van der Waals surface area contributed by atoms with Crippen LogP contribution in [0.15, 0.2) is 34.4 Å². The summed E-state index contributed by atoms with van der Waals surface area (Å²) < 4.78 is 4.87. The summed E-state index contributed by atoms with van der Waals surface area (Å²) in [5, 5.41) is 3.22. The van der Waals surface area contributed by atoms with E-state index in [9.17, 15) is 4.79 Å². The molecule has 0 aliphatic carbocycles. The second kappa shape index (κ2) is 7.66. The van der Waals surface area contributed by atoms with Crippen LogP contribution >= 0.6 is 0 Å². The summed E-state index contributed by atoms with van der Waals surface area (Å²) in [7, 11) is 0. The molecule has 1 aromatic carbocycles. The van der Waals surface area contributed by atoms with Gasteiger partial charge in [0.05, 0.1) is 17.9 Å². The Bertz CT molecular complexity index is 428. The van der Waals surface area contributed by atoms with Gasteiger partial charge in [-0.3, -0.25) is 10.9 Å². The first-order valence-corrected chi connectivity index (χ1v) is 5.30. The molecule has 0 fully saturated rings. The molecular weight excluding hydrogens is 234 g/mol. The van der Waals surface area contributed by atoms with Gasteiger partial charge >= 0.3 is 5.97 Å². The maximum atomic E-state index is 11.4. The standard InChI is InChI=1S/C11H15N5O2/c1-2-18-11(17)9-3-5-10(6-4-9)13-7-15-16-8-14-12/h3-8H,2,12H2,1H3,(H,13,15)(H,14,16). The van der Waals surface area contributed by atoms with Crippen LogP contribution in [0.4, 0.5) is 5.69 Å². The number of hydrazone groups is 1. The van der Waals surface area contributed by atoms with Gasteiger partial charge in [0.1, 0.15) is 12.7 Å². The van der Waals surface area contributed by atoms with Crippen molar-refractivity contribution in [1.29, 1.82) is 0 Å². The molecular formula is C11H15N5O2. The molecule has 1 aromatic rings. The molecule has 96 valence electrons. The Balaban J connectivity index is 2.52. The predicted molar refractivity (Wildman–Crippen MR) is 69.5 cm³/mol. The molecule has 0 atom stereocenters. The van der Waals surface area contributed by atoms with Crippen molar-refractivity contribution in [3.05, 3.63) is 29.8 Å². The van der Waals surface area contributed by atoms with Crippen LogP contribution in [0.2, 0.25) is 0 Å². The third kappa shape index (κ3) is 4.52. The zero-order valence-electron chi connectivity index (χ0n) is 9.96. The van der Waals surface area contributed by atoms with Crippen molar-refractivity contribution < 1.29 is 9.53 Å². The van der Waals surface area contributed by atoms with Gasteiger partial charge in [0.15, 0.2) is 0 Å². The van der Waals surface area contributed by atoms with Crippen LogP contribution in [0.1, 0.15) is 17.3 Å². The number of esters is 1. The summed E-state index contributed by atoms with van der Waals surface area (Å²) in [4.78, 5) is 15.5. The van der Waals surface area contributed by atoms with E-state index in [0.29, 0.717) is 17.9 Å². The fourth-order valence-electron chi connectivity index (χ4n) is 1.12. The second-order valence-corrected chi connectivity index (χ2v) is 3.09. The minimum atomic E-state index is -0.341. The molecule has 0 radical (unpaired) electrons. The van der Waals surface area contributed by atoms with Crippen molar-refractivity contribution in [2.45, 2.75) is 6.92 Å².